The van der Waals surface area contributed by atoms with Crippen molar-refractivity contribution < 1.29 is 31.6 Å². The van der Waals surface area contributed by atoms with Crippen LogP contribution in [0.1, 0.15) is 20.0 Å². The van der Waals surface area contributed by atoms with Gasteiger partial charge in [-0.1, -0.05) is 12.1 Å². The molecule has 0 aliphatic carbocycles. The zero-order valence-corrected chi connectivity index (χ0v) is 20.4. The molecule has 0 spiro atoms. The highest BCUT2D eigenvalue weighted by atomic mass is 32.2. The minimum Gasteiger partial charge on any atom is -0.336 e. The third-order valence-corrected chi connectivity index (χ3v) is 8.37. The molecule has 8 nitrogen and oxygen atoms in total. The number of sulfone groups is 1. The van der Waals surface area contributed by atoms with Crippen LogP contribution in [0, 0.1) is 11.6 Å². The molecule has 0 saturated carbocycles. The van der Waals surface area contributed by atoms with E-state index in [2.05, 4.69) is 5.32 Å². The van der Waals surface area contributed by atoms with Gasteiger partial charge in [-0.3, -0.25) is 14.4 Å². The number of hydrogen-bond donors (Lipinski definition) is 1. The smallest absolute Gasteiger partial charge is 0.262 e. The van der Waals surface area contributed by atoms with Crippen LogP contribution >= 0.6 is 11.3 Å². The van der Waals surface area contributed by atoms with Gasteiger partial charge < -0.3 is 15.1 Å². The lowest BCUT2D eigenvalue weighted by Crippen LogP contribution is -2.57. The fourth-order valence-corrected chi connectivity index (χ4v) is 5.82. The zero-order chi connectivity index (χ0) is 25.9. The van der Waals surface area contributed by atoms with Crippen LogP contribution in [0.2, 0.25) is 0 Å². The van der Waals surface area contributed by atoms with Gasteiger partial charge in [0.2, 0.25) is 15.2 Å². The van der Waals surface area contributed by atoms with Crippen molar-refractivity contribution in [3.63, 3.8) is 0 Å². The predicted molar refractivity (Wildman–Crippen MR) is 128 cm³/mol. The van der Waals surface area contributed by atoms with Crippen LogP contribution in [0.3, 0.4) is 0 Å². The number of halogens is 2. The molecule has 0 radical (unpaired) electrons. The highest BCUT2D eigenvalue weighted by Gasteiger charge is 2.39. The van der Waals surface area contributed by atoms with Crippen LogP contribution in [-0.4, -0.2) is 67.5 Å². The molecule has 3 amide bonds. The molecule has 1 N–H and O–H groups in total. The summed E-state index contributed by atoms with van der Waals surface area (Å²) >= 11 is 1.08. The summed E-state index contributed by atoms with van der Waals surface area (Å²) in [5.74, 6) is -3.23. The highest BCUT2D eigenvalue weighted by Crippen LogP contribution is 2.20. The SMILES string of the molecule is O=C(NC(C(=O)N1CCN(C(=O)c2cccc(F)c2)CC1)S(=O)(=O)c1ccc(F)cc1)c1cccs1. The summed E-state index contributed by atoms with van der Waals surface area (Å²) in [6.45, 7) is 0.181. The number of carbonyl (C=O) groups is 3. The Kier molecular flexibility index (Phi) is 7.45. The minimum atomic E-state index is -4.44. The number of piperazine rings is 1. The van der Waals surface area contributed by atoms with E-state index >= 15 is 0 Å². The first-order chi connectivity index (χ1) is 17.2. The van der Waals surface area contributed by atoms with E-state index < -0.39 is 44.6 Å². The van der Waals surface area contributed by atoms with E-state index in [1.165, 1.54) is 34.1 Å². The molecule has 36 heavy (non-hydrogen) atoms. The number of nitrogens with one attached hydrogen (secondary N) is 1. The van der Waals surface area contributed by atoms with E-state index in [1.54, 1.807) is 11.4 Å². The van der Waals surface area contributed by atoms with E-state index in [-0.39, 0.29) is 41.5 Å². The molecule has 1 atom stereocenters. The molecule has 1 aliphatic heterocycles. The Labute approximate surface area is 210 Å². The Morgan fingerprint density at radius 3 is 2.14 bits per heavy atom. The van der Waals surface area contributed by atoms with Gasteiger partial charge in [-0.25, -0.2) is 17.2 Å². The molecule has 1 aromatic heterocycles. The van der Waals surface area contributed by atoms with E-state index in [0.717, 1.165) is 41.7 Å². The number of thiophene rings is 1. The molecule has 188 valence electrons. The van der Waals surface area contributed by atoms with Gasteiger partial charge in [0.15, 0.2) is 0 Å². The van der Waals surface area contributed by atoms with Crippen molar-refractivity contribution in [2.24, 2.45) is 0 Å². The Morgan fingerprint density at radius 1 is 0.861 bits per heavy atom. The second kappa shape index (κ2) is 10.5. The van der Waals surface area contributed by atoms with E-state index in [0.29, 0.717) is 0 Å². The van der Waals surface area contributed by atoms with Gasteiger partial charge in [0.05, 0.1) is 9.77 Å². The van der Waals surface area contributed by atoms with Gasteiger partial charge in [-0.05, 0) is 53.9 Å². The largest absolute Gasteiger partial charge is 0.336 e. The lowest BCUT2D eigenvalue weighted by Gasteiger charge is -2.36. The maximum absolute atomic E-state index is 13.5. The molecular weight excluding hydrogens is 512 g/mol. The van der Waals surface area contributed by atoms with Crippen molar-refractivity contribution in [1.29, 1.82) is 0 Å². The van der Waals surface area contributed by atoms with Gasteiger partial charge in [0.25, 0.3) is 17.7 Å². The Bertz CT molecular complexity index is 1370. The normalized spacial score (nSPS) is 14.8. The summed E-state index contributed by atoms with van der Waals surface area (Å²) in [6.07, 6.45) is 0. The molecule has 0 bridgehead atoms. The first kappa shape index (κ1) is 25.5. The van der Waals surface area contributed by atoms with E-state index in [4.69, 9.17) is 0 Å². The molecule has 1 aliphatic rings. The fourth-order valence-electron chi connectivity index (χ4n) is 3.73. The van der Waals surface area contributed by atoms with Crippen LogP contribution in [-0.2, 0) is 14.6 Å². The first-order valence-corrected chi connectivity index (χ1v) is 13.3. The average molecular weight is 534 g/mol. The summed E-state index contributed by atoms with van der Waals surface area (Å²) in [7, 11) is -4.44. The van der Waals surface area contributed by atoms with Crippen LogP contribution in [0.25, 0.3) is 0 Å². The number of carbonyl (C=O) groups excluding carboxylic acids is 3. The number of rotatable bonds is 6. The monoisotopic (exact) mass is 533 g/mol. The lowest BCUT2D eigenvalue weighted by molar-refractivity contribution is -0.132. The number of benzene rings is 2. The summed E-state index contributed by atoms with van der Waals surface area (Å²) in [6, 6.07) is 12.3. The third-order valence-electron chi connectivity index (χ3n) is 5.63. The van der Waals surface area contributed by atoms with Crippen LogP contribution in [0.4, 0.5) is 8.78 Å². The Hall–Kier alpha value is -3.64. The molecule has 3 aromatic rings. The van der Waals surface area contributed by atoms with Gasteiger partial charge in [-0.15, -0.1) is 11.3 Å². The van der Waals surface area contributed by atoms with Gasteiger partial charge in [0.1, 0.15) is 11.6 Å². The van der Waals surface area contributed by atoms with Crippen LogP contribution in [0.15, 0.2) is 70.9 Å². The molecule has 1 saturated heterocycles. The standard InChI is InChI=1S/C24H21F2N3O5S2/c25-17-6-8-19(9-7-17)36(33,34)22(27-21(30)20-5-2-14-35-20)24(32)29-12-10-28(11-13-29)23(31)16-3-1-4-18(26)15-16/h1-9,14-15,22H,10-13H2,(H,27,30). The molecule has 1 unspecified atom stereocenters. The number of hydrogen-bond acceptors (Lipinski definition) is 6. The van der Waals surface area contributed by atoms with Crippen molar-refractivity contribution in [3.05, 3.63) is 88.1 Å². The summed E-state index contributed by atoms with van der Waals surface area (Å²) in [5, 5.41) is 1.99. The second-order valence-electron chi connectivity index (χ2n) is 7.96. The molecule has 1 fully saturated rings. The molecule has 2 aromatic carbocycles. The predicted octanol–water partition coefficient (Wildman–Crippen LogP) is 2.54. The van der Waals surface area contributed by atoms with Crippen LogP contribution in [0.5, 0.6) is 0 Å². The van der Waals surface area contributed by atoms with Crippen molar-refractivity contribution in [1.82, 2.24) is 15.1 Å². The van der Waals surface area contributed by atoms with Crippen molar-refractivity contribution in [3.8, 4) is 0 Å². The summed E-state index contributed by atoms with van der Waals surface area (Å²) in [5.41, 5.74) is 0.162. The maximum Gasteiger partial charge on any atom is 0.262 e. The van der Waals surface area contributed by atoms with Crippen molar-refractivity contribution >= 4 is 38.9 Å². The van der Waals surface area contributed by atoms with Crippen molar-refractivity contribution in [2.45, 2.75) is 10.3 Å². The number of amides is 3. The first-order valence-electron chi connectivity index (χ1n) is 10.8. The average Bonchev–Trinajstić information content (AvgIpc) is 3.42. The van der Waals surface area contributed by atoms with Crippen molar-refractivity contribution in [2.75, 3.05) is 26.2 Å². The van der Waals surface area contributed by atoms with E-state index in [9.17, 15) is 31.6 Å². The fraction of sp³-hybridized carbons (Fsp3) is 0.208. The third kappa shape index (κ3) is 5.44. The van der Waals surface area contributed by atoms with Crippen LogP contribution < -0.4 is 5.32 Å². The molecule has 12 heteroatoms. The minimum absolute atomic E-state index is 0.00417. The maximum atomic E-state index is 13.5. The van der Waals surface area contributed by atoms with Gasteiger partial charge >= 0.3 is 0 Å². The highest BCUT2D eigenvalue weighted by molar-refractivity contribution is 7.92. The van der Waals surface area contributed by atoms with Gasteiger partial charge in [-0.2, -0.15) is 0 Å². The summed E-state index contributed by atoms with van der Waals surface area (Å²) in [4.78, 5) is 41.3. The van der Waals surface area contributed by atoms with Gasteiger partial charge in [0, 0.05) is 31.7 Å². The summed E-state index contributed by atoms with van der Waals surface area (Å²) < 4.78 is 53.6. The Balaban J connectivity index is 1.53. The molecular formula is C24H21F2N3O5S2. The lowest BCUT2D eigenvalue weighted by atomic mass is 10.1. The molecule has 4 rings (SSSR count). The molecule has 2 heterocycles. The zero-order valence-electron chi connectivity index (χ0n) is 18.8. The number of nitrogens with zero attached hydrogens (tertiary/aromatic N) is 2. The topological polar surface area (TPSA) is 104 Å². The Morgan fingerprint density at radius 2 is 1.53 bits per heavy atom. The second-order valence-corrected chi connectivity index (χ2v) is 10.9. The van der Waals surface area contributed by atoms with E-state index in [1.807, 2.05) is 0 Å². The quantitative estimate of drug-likeness (QED) is 0.491.